The lowest BCUT2D eigenvalue weighted by Gasteiger charge is -2.26. The summed E-state index contributed by atoms with van der Waals surface area (Å²) in [5.74, 6) is -0.148. The van der Waals surface area contributed by atoms with Crippen LogP contribution in [0.2, 0.25) is 0 Å². The molecule has 3 rings (SSSR count). The van der Waals surface area contributed by atoms with Crippen molar-refractivity contribution in [1.82, 2.24) is 9.21 Å². The lowest BCUT2D eigenvalue weighted by molar-refractivity contribution is 0.0713. The van der Waals surface area contributed by atoms with Crippen LogP contribution in [0, 0.1) is 6.92 Å². The van der Waals surface area contributed by atoms with Crippen LogP contribution in [0.25, 0.3) is 0 Å². The molecule has 0 aliphatic carbocycles. The zero-order chi connectivity index (χ0) is 17.3. The molecule has 0 radical (unpaired) electrons. The van der Waals surface area contributed by atoms with Crippen molar-refractivity contribution in [3.63, 3.8) is 0 Å². The molecule has 1 atom stereocenters. The molecule has 0 spiro atoms. The van der Waals surface area contributed by atoms with Gasteiger partial charge in [-0.1, -0.05) is 35.9 Å². The minimum atomic E-state index is -3.61. The Kier molecular flexibility index (Phi) is 4.43. The molecule has 1 heterocycles. The largest absolute Gasteiger partial charge is 0.321 e. The highest BCUT2D eigenvalue weighted by Crippen LogP contribution is 2.25. The summed E-state index contributed by atoms with van der Waals surface area (Å²) in [7, 11) is -3.61. The van der Waals surface area contributed by atoms with Gasteiger partial charge in [-0.3, -0.25) is 4.79 Å². The van der Waals surface area contributed by atoms with E-state index in [1.54, 1.807) is 60.4 Å². The van der Waals surface area contributed by atoms with Crippen molar-refractivity contribution in [3.8, 4) is 0 Å². The van der Waals surface area contributed by atoms with Gasteiger partial charge in [-0.25, -0.2) is 8.42 Å². The first-order chi connectivity index (χ1) is 11.4. The first kappa shape index (κ1) is 16.7. The second-order valence-electron chi connectivity index (χ2n) is 5.93. The van der Waals surface area contributed by atoms with Crippen LogP contribution in [0.5, 0.6) is 0 Å². The van der Waals surface area contributed by atoms with Gasteiger partial charge in [-0.05, 0) is 38.1 Å². The van der Waals surface area contributed by atoms with Crippen LogP contribution in [-0.2, 0) is 10.0 Å². The molecule has 1 amide bonds. The Morgan fingerprint density at radius 2 is 1.62 bits per heavy atom. The van der Waals surface area contributed by atoms with E-state index in [-0.39, 0.29) is 10.8 Å². The Balaban J connectivity index is 1.84. The number of sulfonamides is 1. The third-order valence-corrected chi connectivity index (χ3v) is 6.31. The van der Waals surface area contributed by atoms with Crippen molar-refractivity contribution in [2.45, 2.75) is 24.9 Å². The molecule has 1 saturated heterocycles. The molecule has 1 fully saturated rings. The zero-order valence-corrected chi connectivity index (χ0v) is 14.5. The van der Waals surface area contributed by atoms with Crippen LogP contribution in [0.1, 0.15) is 22.8 Å². The molecular weight excluding hydrogens is 324 g/mol. The molecule has 6 heteroatoms. The third kappa shape index (κ3) is 2.95. The second kappa shape index (κ2) is 6.37. The highest BCUT2D eigenvalue weighted by molar-refractivity contribution is 7.89. The molecule has 0 bridgehead atoms. The fourth-order valence-corrected chi connectivity index (χ4v) is 4.51. The first-order valence-corrected chi connectivity index (χ1v) is 9.30. The van der Waals surface area contributed by atoms with Gasteiger partial charge >= 0.3 is 0 Å². The summed E-state index contributed by atoms with van der Waals surface area (Å²) in [6, 6.07) is 15.7. The minimum absolute atomic E-state index is 0.148. The molecule has 2 aromatic rings. The molecule has 24 heavy (non-hydrogen) atoms. The molecule has 1 aliphatic heterocycles. The van der Waals surface area contributed by atoms with Crippen molar-refractivity contribution < 1.29 is 13.2 Å². The maximum absolute atomic E-state index is 12.8. The molecule has 0 aromatic heterocycles. The fourth-order valence-electron chi connectivity index (χ4n) is 2.92. The van der Waals surface area contributed by atoms with E-state index in [0.29, 0.717) is 18.7 Å². The molecule has 0 N–H and O–H groups in total. The number of rotatable bonds is 3. The van der Waals surface area contributed by atoms with Gasteiger partial charge < -0.3 is 4.90 Å². The standard InChI is InChI=1S/C18H20N2O3S/c1-14-8-10-17(11-9-14)24(22,23)20-13-12-19(15(20)2)18(21)16-6-4-3-5-7-16/h3-11,15H,12-13H2,1-2H3/t15-/m1/s1. The van der Waals surface area contributed by atoms with Gasteiger partial charge in [0, 0.05) is 18.7 Å². The van der Waals surface area contributed by atoms with Crippen molar-refractivity contribution in [2.75, 3.05) is 13.1 Å². The van der Waals surface area contributed by atoms with Gasteiger partial charge in [0.05, 0.1) is 11.1 Å². The van der Waals surface area contributed by atoms with Crippen LogP contribution in [-0.4, -0.2) is 42.8 Å². The van der Waals surface area contributed by atoms with Crippen molar-refractivity contribution >= 4 is 15.9 Å². The monoisotopic (exact) mass is 344 g/mol. The smallest absolute Gasteiger partial charge is 0.255 e. The first-order valence-electron chi connectivity index (χ1n) is 7.86. The summed E-state index contributed by atoms with van der Waals surface area (Å²) in [5, 5.41) is 0. The number of nitrogens with zero attached hydrogens (tertiary/aromatic N) is 2. The minimum Gasteiger partial charge on any atom is -0.321 e. The Hall–Kier alpha value is -2.18. The summed E-state index contributed by atoms with van der Waals surface area (Å²) in [4.78, 5) is 14.5. The third-order valence-electron chi connectivity index (χ3n) is 4.34. The molecule has 5 nitrogen and oxygen atoms in total. The summed E-state index contributed by atoms with van der Waals surface area (Å²) in [6.07, 6.45) is -0.510. The quantitative estimate of drug-likeness (QED) is 0.859. The molecule has 0 unspecified atom stereocenters. The van der Waals surface area contributed by atoms with Gasteiger partial charge in [-0.15, -0.1) is 0 Å². The van der Waals surface area contributed by atoms with Crippen LogP contribution in [0.4, 0.5) is 0 Å². The Labute approximate surface area is 142 Å². The van der Waals surface area contributed by atoms with E-state index in [1.807, 2.05) is 13.0 Å². The van der Waals surface area contributed by atoms with Crippen LogP contribution in [0.3, 0.4) is 0 Å². The van der Waals surface area contributed by atoms with E-state index in [4.69, 9.17) is 0 Å². The number of amides is 1. The maximum Gasteiger partial charge on any atom is 0.255 e. The van der Waals surface area contributed by atoms with E-state index < -0.39 is 16.2 Å². The lowest BCUT2D eigenvalue weighted by atomic mass is 10.2. The topological polar surface area (TPSA) is 57.7 Å². The number of carbonyl (C=O) groups excluding carboxylic acids is 1. The number of hydrogen-bond acceptors (Lipinski definition) is 3. The predicted octanol–water partition coefficient (Wildman–Crippen LogP) is 2.49. The van der Waals surface area contributed by atoms with E-state index in [9.17, 15) is 13.2 Å². The maximum atomic E-state index is 12.8. The SMILES string of the molecule is Cc1ccc(S(=O)(=O)N2CCN(C(=O)c3ccccc3)[C@H]2C)cc1. The average Bonchev–Trinajstić information content (AvgIpc) is 2.97. The Bertz CT molecular complexity index is 832. The Morgan fingerprint density at radius 1 is 1.00 bits per heavy atom. The number of carbonyl (C=O) groups is 1. The number of aryl methyl sites for hydroxylation is 1. The molecular formula is C18H20N2O3S. The van der Waals surface area contributed by atoms with Gasteiger partial charge in [0.1, 0.15) is 0 Å². The summed E-state index contributed by atoms with van der Waals surface area (Å²) in [6.45, 7) is 4.35. The number of hydrogen-bond donors (Lipinski definition) is 0. The van der Waals surface area contributed by atoms with Crippen LogP contribution >= 0.6 is 0 Å². The van der Waals surface area contributed by atoms with Crippen molar-refractivity contribution in [3.05, 3.63) is 65.7 Å². The normalized spacial score (nSPS) is 18.8. The molecule has 0 saturated carbocycles. The van der Waals surface area contributed by atoms with Crippen molar-refractivity contribution in [2.24, 2.45) is 0 Å². The Morgan fingerprint density at radius 3 is 2.25 bits per heavy atom. The zero-order valence-electron chi connectivity index (χ0n) is 13.7. The van der Waals surface area contributed by atoms with E-state index in [1.165, 1.54) is 4.31 Å². The highest BCUT2D eigenvalue weighted by atomic mass is 32.2. The van der Waals surface area contributed by atoms with Gasteiger partial charge in [0.25, 0.3) is 5.91 Å². The van der Waals surface area contributed by atoms with E-state index in [0.717, 1.165) is 5.56 Å². The fraction of sp³-hybridized carbons (Fsp3) is 0.278. The van der Waals surface area contributed by atoms with Crippen LogP contribution < -0.4 is 0 Å². The van der Waals surface area contributed by atoms with E-state index >= 15 is 0 Å². The average molecular weight is 344 g/mol. The second-order valence-corrected chi connectivity index (χ2v) is 7.82. The predicted molar refractivity (Wildman–Crippen MR) is 92.0 cm³/mol. The summed E-state index contributed by atoms with van der Waals surface area (Å²) >= 11 is 0. The summed E-state index contributed by atoms with van der Waals surface area (Å²) in [5.41, 5.74) is 1.57. The summed E-state index contributed by atoms with van der Waals surface area (Å²) < 4.78 is 27.1. The van der Waals surface area contributed by atoms with Crippen molar-refractivity contribution in [1.29, 1.82) is 0 Å². The van der Waals surface area contributed by atoms with Gasteiger partial charge in [-0.2, -0.15) is 4.31 Å². The molecule has 2 aromatic carbocycles. The number of benzene rings is 2. The molecule has 1 aliphatic rings. The lowest BCUT2D eigenvalue weighted by Crippen LogP contribution is -2.42. The van der Waals surface area contributed by atoms with E-state index in [2.05, 4.69) is 0 Å². The van der Waals surface area contributed by atoms with Gasteiger partial charge in [0.15, 0.2) is 0 Å². The highest BCUT2D eigenvalue weighted by Gasteiger charge is 2.39. The molecule has 126 valence electrons. The van der Waals surface area contributed by atoms with Crippen LogP contribution in [0.15, 0.2) is 59.5 Å². The van der Waals surface area contributed by atoms with Gasteiger partial charge in [0.2, 0.25) is 10.0 Å².